The first-order valence-corrected chi connectivity index (χ1v) is 9.11. The van der Waals surface area contributed by atoms with Gasteiger partial charge in [-0.1, -0.05) is 12.1 Å². The number of carbonyl (C=O) groups is 3. The second-order valence-corrected chi connectivity index (χ2v) is 6.72. The fourth-order valence-corrected chi connectivity index (χ4v) is 3.41. The lowest BCUT2D eigenvalue weighted by Crippen LogP contribution is -2.34. The summed E-state index contributed by atoms with van der Waals surface area (Å²) in [5.74, 6) is 0.602. The van der Waals surface area contributed by atoms with Gasteiger partial charge in [-0.05, 0) is 43.4 Å². The van der Waals surface area contributed by atoms with Crippen LogP contribution in [0.25, 0.3) is 0 Å². The first-order valence-electron chi connectivity index (χ1n) is 9.11. The molecule has 1 atom stereocenters. The average Bonchev–Trinajstić information content (AvgIpc) is 3.28. The molecule has 0 bridgehead atoms. The molecule has 1 aromatic carbocycles. The number of likely N-dealkylation sites (tertiary alicyclic amines) is 1. The standard InChI is InChI=1S/C19H25N3O4/c1-26-15-6-4-14(5-7-15)10-13-22-18(24)16(20-19(22)25)8-9-17(23)21-11-2-3-12-21/h4-7,16H,2-3,8-13H2,1H3,(H,20,25). The third-order valence-electron chi connectivity index (χ3n) is 5.00. The molecule has 1 unspecified atom stereocenters. The molecule has 2 fully saturated rings. The second kappa shape index (κ2) is 8.21. The van der Waals surface area contributed by atoms with Gasteiger partial charge >= 0.3 is 6.03 Å². The number of nitrogens with one attached hydrogen (secondary N) is 1. The zero-order valence-electron chi connectivity index (χ0n) is 15.1. The molecule has 0 spiro atoms. The highest BCUT2D eigenvalue weighted by Gasteiger charge is 2.37. The van der Waals surface area contributed by atoms with Gasteiger partial charge < -0.3 is 15.0 Å². The van der Waals surface area contributed by atoms with E-state index in [9.17, 15) is 14.4 Å². The van der Waals surface area contributed by atoms with Gasteiger partial charge in [0, 0.05) is 26.1 Å². The number of urea groups is 1. The zero-order chi connectivity index (χ0) is 18.5. The summed E-state index contributed by atoms with van der Waals surface area (Å²) in [7, 11) is 1.61. The maximum absolute atomic E-state index is 12.5. The molecule has 26 heavy (non-hydrogen) atoms. The van der Waals surface area contributed by atoms with Crippen molar-refractivity contribution in [2.24, 2.45) is 0 Å². The molecule has 2 aliphatic rings. The van der Waals surface area contributed by atoms with Crippen molar-refractivity contribution in [3.63, 3.8) is 0 Å². The average molecular weight is 359 g/mol. The third kappa shape index (κ3) is 4.15. The van der Waals surface area contributed by atoms with Crippen molar-refractivity contribution in [3.05, 3.63) is 29.8 Å². The van der Waals surface area contributed by atoms with E-state index in [0.29, 0.717) is 25.8 Å². The monoisotopic (exact) mass is 359 g/mol. The summed E-state index contributed by atoms with van der Waals surface area (Å²) in [6, 6.07) is 6.58. The Hall–Kier alpha value is -2.57. The number of methoxy groups -OCH3 is 1. The summed E-state index contributed by atoms with van der Waals surface area (Å²) in [5, 5.41) is 2.70. The molecule has 1 aromatic rings. The summed E-state index contributed by atoms with van der Waals surface area (Å²) in [6.07, 6.45) is 3.33. The number of carbonyl (C=O) groups excluding carboxylic acids is 3. The molecule has 140 valence electrons. The molecule has 0 saturated carbocycles. The Morgan fingerprint density at radius 2 is 1.88 bits per heavy atom. The quantitative estimate of drug-likeness (QED) is 0.750. The minimum Gasteiger partial charge on any atom is -0.497 e. The summed E-state index contributed by atoms with van der Waals surface area (Å²) < 4.78 is 5.12. The molecule has 0 aromatic heterocycles. The molecular formula is C19H25N3O4. The van der Waals surface area contributed by atoms with E-state index in [1.54, 1.807) is 7.11 Å². The molecule has 4 amide bonds. The highest BCUT2D eigenvalue weighted by molar-refractivity contribution is 6.04. The number of rotatable bonds is 7. The van der Waals surface area contributed by atoms with Crippen LogP contribution < -0.4 is 10.1 Å². The molecule has 7 nitrogen and oxygen atoms in total. The van der Waals surface area contributed by atoms with Crippen LogP contribution in [-0.2, 0) is 16.0 Å². The number of nitrogens with zero attached hydrogens (tertiary/aromatic N) is 2. The molecule has 1 N–H and O–H groups in total. The Morgan fingerprint density at radius 3 is 2.54 bits per heavy atom. The topological polar surface area (TPSA) is 79.0 Å². The molecule has 0 radical (unpaired) electrons. The smallest absolute Gasteiger partial charge is 0.324 e. The Balaban J connectivity index is 1.48. The Kier molecular flexibility index (Phi) is 5.75. The van der Waals surface area contributed by atoms with Crippen molar-refractivity contribution in [2.75, 3.05) is 26.7 Å². The lowest BCUT2D eigenvalue weighted by atomic mass is 10.1. The highest BCUT2D eigenvalue weighted by Crippen LogP contribution is 2.16. The van der Waals surface area contributed by atoms with E-state index in [1.807, 2.05) is 29.2 Å². The fourth-order valence-electron chi connectivity index (χ4n) is 3.41. The van der Waals surface area contributed by atoms with Gasteiger partial charge in [-0.25, -0.2) is 4.79 Å². The van der Waals surface area contributed by atoms with Crippen LogP contribution in [0.2, 0.25) is 0 Å². The van der Waals surface area contributed by atoms with Gasteiger partial charge in [0.2, 0.25) is 5.91 Å². The van der Waals surface area contributed by atoms with Crippen molar-refractivity contribution in [3.8, 4) is 5.75 Å². The maximum atomic E-state index is 12.5. The molecule has 7 heteroatoms. The van der Waals surface area contributed by atoms with Crippen LogP contribution in [0.1, 0.15) is 31.2 Å². The number of hydrogen-bond donors (Lipinski definition) is 1. The van der Waals surface area contributed by atoms with Gasteiger partial charge in [0.25, 0.3) is 5.91 Å². The van der Waals surface area contributed by atoms with Crippen molar-refractivity contribution in [1.82, 2.24) is 15.1 Å². The SMILES string of the molecule is COc1ccc(CCN2C(=O)NC(CCC(=O)N3CCCC3)C2=O)cc1. The first-order chi connectivity index (χ1) is 12.6. The summed E-state index contributed by atoms with van der Waals surface area (Å²) in [6.45, 7) is 1.93. The van der Waals surface area contributed by atoms with Crippen LogP contribution in [-0.4, -0.2) is 60.4 Å². The van der Waals surface area contributed by atoms with Gasteiger partial charge in [-0.15, -0.1) is 0 Å². The van der Waals surface area contributed by atoms with Gasteiger partial charge in [-0.2, -0.15) is 0 Å². The van der Waals surface area contributed by atoms with E-state index in [0.717, 1.165) is 37.2 Å². The van der Waals surface area contributed by atoms with Crippen molar-refractivity contribution in [1.29, 1.82) is 0 Å². The first kappa shape index (κ1) is 18.2. The summed E-state index contributed by atoms with van der Waals surface area (Å²) >= 11 is 0. The Labute approximate surface area is 153 Å². The molecule has 2 heterocycles. The molecular weight excluding hydrogens is 334 g/mol. The van der Waals surface area contributed by atoms with Crippen LogP contribution >= 0.6 is 0 Å². The lowest BCUT2D eigenvalue weighted by molar-refractivity contribution is -0.131. The minimum absolute atomic E-state index is 0.0706. The predicted octanol–water partition coefficient (Wildman–Crippen LogP) is 1.56. The lowest BCUT2D eigenvalue weighted by Gasteiger charge is -2.16. The number of amides is 4. The largest absolute Gasteiger partial charge is 0.497 e. The maximum Gasteiger partial charge on any atom is 0.324 e. The van der Waals surface area contributed by atoms with E-state index < -0.39 is 6.04 Å². The van der Waals surface area contributed by atoms with Crippen molar-refractivity contribution < 1.29 is 19.1 Å². The molecule has 2 aliphatic heterocycles. The number of ether oxygens (including phenoxy) is 1. The number of benzene rings is 1. The number of hydrogen-bond acceptors (Lipinski definition) is 4. The molecule has 3 rings (SSSR count). The van der Waals surface area contributed by atoms with E-state index in [1.165, 1.54) is 4.90 Å². The Bertz CT molecular complexity index is 668. The minimum atomic E-state index is -0.593. The van der Waals surface area contributed by atoms with Crippen LogP contribution in [0, 0.1) is 0 Å². The van der Waals surface area contributed by atoms with E-state index in [2.05, 4.69) is 5.32 Å². The second-order valence-electron chi connectivity index (χ2n) is 6.72. The van der Waals surface area contributed by atoms with Gasteiger partial charge in [0.15, 0.2) is 0 Å². The fraction of sp³-hybridized carbons (Fsp3) is 0.526. The van der Waals surface area contributed by atoms with Crippen molar-refractivity contribution in [2.45, 2.75) is 38.1 Å². The normalized spacial score (nSPS) is 19.8. The van der Waals surface area contributed by atoms with Crippen LogP contribution in [0.15, 0.2) is 24.3 Å². The number of imide groups is 1. The highest BCUT2D eigenvalue weighted by atomic mass is 16.5. The predicted molar refractivity (Wildman–Crippen MR) is 95.8 cm³/mol. The van der Waals surface area contributed by atoms with E-state index >= 15 is 0 Å². The molecule has 0 aliphatic carbocycles. The van der Waals surface area contributed by atoms with Crippen LogP contribution in [0.5, 0.6) is 5.75 Å². The summed E-state index contributed by atoms with van der Waals surface area (Å²) in [4.78, 5) is 39.8. The molecule has 2 saturated heterocycles. The van der Waals surface area contributed by atoms with Crippen molar-refractivity contribution >= 4 is 17.8 Å². The van der Waals surface area contributed by atoms with Gasteiger partial charge in [0.1, 0.15) is 11.8 Å². The van der Waals surface area contributed by atoms with E-state index in [-0.39, 0.29) is 17.8 Å². The third-order valence-corrected chi connectivity index (χ3v) is 5.00. The van der Waals surface area contributed by atoms with E-state index in [4.69, 9.17) is 4.74 Å². The van der Waals surface area contributed by atoms with Crippen LogP contribution in [0.3, 0.4) is 0 Å². The zero-order valence-corrected chi connectivity index (χ0v) is 15.1. The summed E-state index contributed by atoms with van der Waals surface area (Å²) in [5.41, 5.74) is 1.03. The van der Waals surface area contributed by atoms with Gasteiger partial charge in [0.05, 0.1) is 7.11 Å². The van der Waals surface area contributed by atoms with Crippen LogP contribution in [0.4, 0.5) is 4.79 Å². The van der Waals surface area contributed by atoms with Gasteiger partial charge in [-0.3, -0.25) is 14.5 Å². The Morgan fingerprint density at radius 1 is 1.19 bits per heavy atom.